The first-order valence-electron chi connectivity index (χ1n) is 9.17. The summed E-state index contributed by atoms with van der Waals surface area (Å²) in [5.74, 6) is 0.310. The van der Waals surface area contributed by atoms with E-state index in [0.717, 1.165) is 0 Å². The number of anilines is 2. The van der Waals surface area contributed by atoms with Gasteiger partial charge in [-0.1, -0.05) is 12.1 Å². The molecule has 0 spiro atoms. The van der Waals surface area contributed by atoms with Gasteiger partial charge < -0.3 is 20.3 Å². The fourth-order valence-corrected chi connectivity index (χ4v) is 2.63. The quantitative estimate of drug-likeness (QED) is 0.563. The topological polar surface area (TPSA) is 79.4 Å². The molecule has 2 N–H and O–H groups in total. The van der Waals surface area contributed by atoms with Gasteiger partial charge in [0, 0.05) is 38.2 Å². The van der Waals surface area contributed by atoms with Gasteiger partial charge in [0.1, 0.15) is 11.6 Å². The van der Waals surface area contributed by atoms with E-state index in [1.165, 1.54) is 6.07 Å². The van der Waals surface area contributed by atoms with Crippen LogP contribution in [-0.2, 0) is 0 Å². The van der Waals surface area contributed by atoms with Crippen LogP contribution < -0.4 is 20.3 Å². The standard InChI is InChI=1S/C21H22FN5O2/c1-27(19-7-3-2-6-18(19)22)15-5-14-23-20(28)26-16-8-10-17(11-9-16)29-21-24-12-4-13-25-21/h2-4,6-13H,5,14-15H2,1H3,(H2,23,26,28). The predicted octanol–water partition coefficient (Wildman–Crippen LogP) is 4.06. The Kier molecular flexibility index (Phi) is 6.94. The van der Waals surface area contributed by atoms with Crippen molar-refractivity contribution in [2.45, 2.75) is 6.42 Å². The normalized spacial score (nSPS) is 10.3. The number of ether oxygens (including phenoxy) is 1. The molecule has 0 aliphatic rings. The molecule has 0 atom stereocenters. The summed E-state index contributed by atoms with van der Waals surface area (Å²) in [6.07, 6.45) is 3.87. The maximum absolute atomic E-state index is 13.7. The Morgan fingerprint density at radius 1 is 1.07 bits per heavy atom. The molecule has 150 valence electrons. The number of para-hydroxylation sites is 1. The Morgan fingerprint density at radius 2 is 1.79 bits per heavy atom. The number of halogens is 1. The first kappa shape index (κ1) is 20.1. The summed E-state index contributed by atoms with van der Waals surface area (Å²) in [4.78, 5) is 21.8. The maximum Gasteiger partial charge on any atom is 0.321 e. The van der Waals surface area contributed by atoms with Gasteiger partial charge in [0.2, 0.25) is 0 Å². The van der Waals surface area contributed by atoms with Crippen LogP contribution in [0.25, 0.3) is 0 Å². The van der Waals surface area contributed by atoms with Gasteiger partial charge in [0.25, 0.3) is 0 Å². The van der Waals surface area contributed by atoms with Crippen molar-refractivity contribution in [3.05, 3.63) is 72.8 Å². The highest BCUT2D eigenvalue weighted by molar-refractivity contribution is 5.89. The molecule has 3 rings (SSSR count). The van der Waals surface area contributed by atoms with Gasteiger partial charge in [-0.2, -0.15) is 0 Å². The van der Waals surface area contributed by atoms with Crippen molar-refractivity contribution in [2.24, 2.45) is 0 Å². The Balaban J connectivity index is 1.39. The third-order valence-corrected chi connectivity index (χ3v) is 4.08. The highest BCUT2D eigenvalue weighted by Crippen LogP contribution is 2.20. The fourth-order valence-electron chi connectivity index (χ4n) is 2.63. The zero-order chi connectivity index (χ0) is 20.5. The van der Waals surface area contributed by atoms with Gasteiger partial charge in [-0.25, -0.2) is 19.2 Å². The van der Waals surface area contributed by atoms with Gasteiger partial charge >= 0.3 is 12.0 Å². The number of aromatic nitrogens is 2. The first-order chi connectivity index (χ1) is 14.1. The van der Waals surface area contributed by atoms with Crippen LogP contribution in [0.4, 0.5) is 20.6 Å². The van der Waals surface area contributed by atoms with Crippen LogP contribution in [0, 0.1) is 5.82 Å². The van der Waals surface area contributed by atoms with Gasteiger partial charge in [-0.05, 0) is 48.9 Å². The van der Waals surface area contributed by atoms with E-state index in [1.54, 1.807) is 60.9 Å². The number of amides is 2. The third kappa shape index (κ3) is 6.17. The summed E-state index contributed by atoms with van der Waals surface area (Å²) >= 11 is 0. The summed E-state index contributed by atoms with van der Waals surface area (Å²) < 4.78 is 19.2. The summed E-state index contributed by atoms with van der Waals surface area (Å²) in [5.41, 5.74) is 1.17. The number of nitrogens with one attached hydrogen (secondary N) is 2. The highest BCUT2D eigenvalue weighted by Gasteiger charge is 2.07. The lowest BCUT2D eigenvalue weighted by atomic mass is 10.2. The van der Waals surface area contributed by atoms with Crippen LogP contribution in [0.2, 0.25) is 0 Å². The number of carbonyl (C=O) groups excluding carboxylic acids is 1. The Hall–Kier alpha value is -3.68. The molecule has 0 fully saturated rings. The molecule has 0 saturated carbocycles. The van der Waals surface area contributed by atoms with E-state index in [2.05, 4.69) is 20.6 Å². The summed E-state index contributed by atoms with van der Waals surface area (Å²) in [6, 6.07) is 15.2. The van der Waals surface area contributed by atoms with E-state index in [0.29, 0.717) is 36.6 Å². The smallest absolute Gasteiger partial charge is 0.321 e. The number of hydrogen-bond donors (Lipinski definition) is 2. The van der Waals surface area contributed by atoms with Crippen molar-refractivity contribution in [1.82, 2.24) is 15.3 Å². The molecule has 0 radical (unpaired) electrons. The molecular weight excluding hydrogens is 373 g/mol. The predicted molar refractivity (Wildman–Crippen MR) is 110 cm³/mol. The molecule has 7 nitrogen and oxygen atoms in total. The molecule has 0 unspecified atom stereocenters. The first-order valence-corrected chi connectivity index (χ1v) is 9.17. The minimum atomic E-state index is -0.307. The molecular formula is C21H22FN5O2. The molecule has 0 saturated heterocycles. The fraction of sp³-hybridized carbons (Fsp3) is 0.190. The molecule has 3 aromatic rings. The zero-order valence-electron chi connectivity index (χ0n) is 16.0. The Bertz CT molecular complexity index is 922. The number of hydrogen-bond acceptors (Lipinski definition) is 5. The second-order valence-electron chi connectivity index (χ2n) is 6.27. The minimum Gasteiger partial charge on any atom is -0.424 e. The van der Waals surface area contributed by atoms with Gasteiger partial charge in [-0.3, -0.25) is 0 Å². The highest BCUT2D eigenvalue weighted by atomic mass is 19.1. The number of benzene rings is 2. The van der Waals surface area contributed by atoms with Crippen molar-refractivity contribution >= 4 is 17.4 Å². The lowest BCUT2D eigenvalue weighted by Crippen LogP contribution is -2.31. The second-order valence-corrected chi connectivity index (χ2v) is 6.27. The SMILES string of the molecule is CN(CCCNC(=O)Nc1ccc(Oc2ncccn2)cc1)c1ccccc1F. The molecule has 0 bridgehead atoms. The second kappa shape index (κ2) is 10.0. The van der Waals surface area contributed by atoms with Gasteiger partial charge in [0.05, 0.1) is 5.69 Å². The summed E-state index contributed by atoms with van der Waals surface area (Å²) in [6.45, 7) is 1.09. The lowest BCUT2D eigenvalue weighted by Gasteiger charge is -2.19. The molecule has 1 aromatic heterocycles. The number of rotatable bonds is 8. The van der Waals surface area contributed by atoms with Crippen LogP contribution in [0.3, 0.4) is 0 Å². The van der Waals surface area contributed by atoms with Crippen molar-refractivity contribution in [1.29, 1.82) is 0 Å². The Morgan fingerprint density at radius 3 is 2.52 bits per heavy atom. The van der Waals surface area contributed by atoms with E-state index in [9.17, 15) is 9.18 Å². The molecule has 0 aliphatic carbocycles. The average Bonchev–Trinajstić information content (AvgIpc) is 2.73. The molecule has 2 amide bonds. The average molecular weight is 395 g/mol. The zero-order valence-corrected chi connectivity index (χ0v) is 16.0. The van der Waals surface area contributed by atoms with E-state index in [1.807, 2.05) is 11.9 Å². The summed E-state index contributed by atoms with van der Waals surface area (Å²) in [5, 5.41) is 5.54. The van der Waals surface area contributed by atoms with Crippen LogP contribution in [0.15, 0.2) is 67.0 Å². The van der Waals surface area contributed by atoms with Crippen molar-refractivity contribution < 1.29 is 13.9 Å². The van der Waals surface area contributed by atoms with Crippen LogP contribution in [0.1, 0.15) is 6.42 Å². The molecule has 29 heavy (non-hydrogen) atoms. The number of nitrogens with zero attached hydrogens (tertiary/aromatic N) is 3. The van der Waals surface area contributed by atoms with Gasteiger partial charge in [0.15, 0.2) is 0 Å². The molecule has 2 aromatic carbocycles. The largest absolute Gasteiger partial charge is 0.424 e. The van der Waals surface area contributed by atoms with E-state index >= 15 is 0 Å². The molecule has 8 heteroatoms. The summed E-state index contributed by atoms with van der Waals surface area (Å²) in [7, 11) is 1.82. The van der Waals surface area contributed by atoms with E-state index in [-0.39, 0.29) is 17.9 Å². The van der Waals surface area contributed by atoms with Crippen LogP contribution in [-0.4, -0.2) is 36.1 Å². The van der Waals surface area contributed by atoms with Gasteiger partial charge in [-0.15, -0.1) is 0 Å². The molecule has 0 aliphatic heterocycles. The maximum atomic E-state index is 13.7. The van der Waals surface area contributed by atoms with Crippen LogP contribution >= 0.6 is 0 Å². The third-order valence-electron chi connectivity index (χ3n) is 4.08. The number of urea groups is 1. The van der Waals surface area contributed by atoms with E-state index < -0.39 is 0 Å². The van der Waals surface area contributed by atoms with E-state index in [4.69, 9.17) is 4.74 Å². The Labute approximate surface area is 168 Å². The van der Waals surface area contributed by atoms with Crippen molar-refractivity contribution in [2.75, 3.05) is 30.4 Å². The van der Waals surface area contributed by atoms with Crippen LogP contribution in [0.5, 0.6) is 11.8 Å². The lowest BCUT2D eigenvalue weighted by molar-refractivity contribution is 0.252. The number of carbonyl (C=O) groups is 1. The van der Waals surface area contributed by atoms with Crippen molar-refractivity contribution in [3.63, 3.8) is 0 Å². The molecule has 1 heterocycles. The monoisotopic (exact) mass is 395 g/mol. The minimum absolute atomic E-state index is 0.256. The van der Waals surface area contributed by atoms with Crippen molar-refractivity contribution in [3.8, 4) is 11.8 Å².